The maximum atomic E-state index is 12.2. The van der Waals surface area contributed by atoms with E-state index in [1.807, 2.05) is 0 Å². The highest BCUT2D eigenvalue weighted by molar-refractivity contribution is 6.04. The first-order chi connectivity index (χ1) is 12.6. The topological polar surface area (TPSA) is 36.0 Å². The number of benzene rings is 1. The van der Waals surface area contributed by atoms with Crippen LogP contribution in [-0.2, 0) is 10.8 Å². The highest BCUT2D eigenvalue weighted by atomic mass is 16.3. The third-order valence-electron chi connectivity index (χ3n) is 7.85. The van der Waals surface area contributed by atoms with Gasteiger partial charge in [0, 0.05) is 38.4 Å². The molecule has 3 aliphatic carbocycles. The van der Waals surface area contributed by atoms with Crippen LogP contribution in [0.25, 0.3) is 16.5 Å². The molecule has 1 aromatic heterocycles. The van der Waals surface area contributed by atoms with E-state index in [0.29, 0.717) is 0 Å². The lowest BCUT2D eigenvalue weighted by atomic mass is 9.52. The summed E-state index contributed by atoms with van der Waals surface area (Å²) in [6.07, 6.45) is 8.30. The number of allylic oxidation sites excluding steroid dienone is 4. The summed E-state index contributed by atoms with van der Waals surface area (Å²) in [6, 6.07) is 6.49. The minimum atomic E-state index is -0.881. The molecule has 5 rings (SSSR count). The van der Waals surface area contributed by atoms with E-state index in [2.05, 4.69) is 82.6 Å². The van der Waals surface area contributed by atoms with Crippen LogP contribution < -0.4 is 0 Å². The van der Waals surface area contributed by atoms with Crippen LogP contribution in [0.15, 0.2) is 48.6 Å². The molecule has 0 saturated heterocycles. The van der Waals surface area contributed by atoms with Gasteiger partial charge in [0.1, 0.15) is 0 Å². The largest absolute Gasteiger partial charge is 0.384 e. The predicted molar refractivity (Wildman–Crippen MR) is 113 cm³/mol. The van der Waals surface area contributed by atoms with Crippen molar-refractivity contribution in [1.82, 2.24) is 4.98 Å². The summed E-state index contributed by atoms with van der Waals surface area (Å²) in [6.45, 7) is 15.4. The molecule has 2 aromatic rings. The van der Waals surface area contributed by atoms with Gasteiger partial charge in [0.2, 0.25) is 0 Å². The number of aromatic amines is 1. The van der Waals surface area contributed by atoms with Crippen LogP contribution in [0.3, 0.4) is 0 Å². The molecule has 1 aromatic carbocycles. The molecule has 2 nitrogen and oxygen atoms in total. The fourth-order valence-electron chi connectivity index (χ4n) is 5.76. The molecule has 0 bridgehead atoms. The van der Waals surface area contributed by atoms with Gasteiger partial charge in [-0.3, -0.25) is 0 Å². The molecule has 0 fully saturated rings. The summed E-state index contributed by atoms with van der Waals surface area (Å²) in [5.41, 5.74) is 5.75. The Kier molecular flexibility index (Phi) is 2.95. The minimum absolute atomic E-state index is 0.123. The van der Waals surface area contributed by atoms with E-state index >= 15 is 0 Å². The SMILES string of the molecule is C=C[C@@]1(C)CC[C@@]2(O)C3=C1C=CC(C)(C)c1[nH]c4cccc(c4c13)C2(C)C. The van der Waals surface area contributed by atoms with Gasteiger partial charge in [0.15, 0.2) is 0 Å². The molecule has 0 radical (unpaired) electrons. The van der Waals surface area contributed by atoms with E-state index in [9.17, 15) is 5.11 Å². The second-order valence-electron chi connectivity index (χ2n) is 10.1. The Labute approximate surface area is 161 Å². The molecule has 3 aliphatic rings. The maximum Gasteiger partial charge on any atom is 0.0997 e. The lowest BCUT2D eigenvalue weighted by molar-refractivity contribution is 0.00719. The van der Waals surface area contributed by atoms with Gasteiger partial charge in [-0.25, -0.2) is 0 Å². The zero-order valence-electron chi connectivity index (χ0n) is 17.0. The monoisotopic (exact) mass is 359 g/mol. The summed E-state index contributed by atoms with van der Waals surface area (Å²) < 4.78 is 0. The molecule has 0 spiro atoms. The molecule has 2 heteroatoms. The molecule has 2 N–H and O–H groups in total. The van der Waals surface area contributed by atoms with Crippen molar-refractivity contribution in [2.45, 2.75) is 63.9 Å². The molecular formula is C25H29NO. The number of hydrogen-bond acceptors (Lipinski definition) is 1. The fraction of sp³-hybridized carbons (Fsp3) is 0.440. The first-order valence-electron chi connectivity index (χ1n) is 10.0. The van der Waals surface area contributed by atoms with E-state index in [4.69, 9.17) is 0 Å². The number of H-pyrrole nitrogens is 1. The molecular weight excluding hydrogens is 330 g/mol. The predicted octanol–water partition coefficient (Wildman–Crippen LogP) is 5.78. The Hall–Kier alpha value is -2.06. The van der Waals surface area contributed by atoms with Crippen LogP contribution in [0.1, 0.15) is 64.3 Å². The van der Waals surface area contributed by atoms with Crippen LogP contribution >= 0.6 is 0 Å². The second-order valence-corrected chi connectivity index (χ2v) is 10.1. The molecule has 0 aliphatic heterocycles. The average molecular weight is 360 g/mol. The Morgan fingerprint density at radius 2 is 1.85 bits per heavy atom. The second kappa shape index (κ2) is 4.67. The highest BCUT2D eigenvalue weighted by Gasteiger charge is 2.58. The normalized spacial score (nSPS) is 32.5. The minimum Gasteiger partial charge on any atom is -0.384 e. The van der Waals surface area contributed by atoms with Gasteiger partial charge >= 0.3 is 0 Å². The van der Waals surface area contributed by atoms with Crippen molar-refractivity contribution in [3.05, 3.63) is 65.4 Å². The zero-order valence-corrected chi connectivity index (χ0v) is 17.0. The quantitative estimate of drug-likeness (QED) is 0.622. The van der Waals surface area contributed by atoms with Gasteiger partial charge in [-0.2, -0.15) is 0 Å². The molecule has 140 valence electrons. The molecule has 2 atom stereocenters. The first-order valence-corrected chi connectivity index (χ1v) is 10.0. The van der Waals surface area contributed by atoms with Crippen molar-refractivity contribution in [3.63, 3.8) is 0 Å². The average Bonchev–Trinajstić information content (AvgIpc) is 2.96. The standard InChI is InChI=1S/C25H29NO/c1-7-24(6)13-14-25(27)20-16(24)11-12-22(2,3)21-19(20)18-15(23(25,4)5)9-8-10-17(18)26-21/h7-12,26-27H,1,13-14H2,2-6H3/t24-,25+/m0/s1. The van der Waals surface area contributed by atoms with Gasteiger partial charge in [0.05, 0.1) is 5.60 Å². The molecule has 0 saturated carbocycles. The maximum absolute atomic E-state index is 12.2. The zero-order chi connectivity index (χ0) is 19.4. The van der Waals surface area contributed by atoms with Gasteiger partial charge in [0.25, 0.3) is 0 Å². The van der Waals surface area contributed by atoms with Crippen molar-refractivity contribution in [1.29, 1.82) is 0 Å². The van der Waals surface area contributed by atoms with Crippen LogP contribution in [-0.4, -0.2) is 15.7 Å². The number of nitrogens with one attached hydrogen (secondary N) is 1. The summed E-state index contributed by atoms with van der Waals surface area (Å²) in [5.74, 6) is 0. The van der Waals surface area contributed by atoms with E-state index in [0.717, 1.165) is 18.4 Å². The van der Waals surface area contributed by atoms with Crippen LogP contribution in [0.2, 0.25) is 0 Å². The van der Waals surface area contributed by atoms with Gasteiger partial charge < -0.3 is 10.1 Å². The lowest BCUT2D eigenvalue weighted by Crippen LogP contribution is -2.54. The smallest absolute Gasteiger partial charge is 0.0997 e. The summed E-state index contributed by atoms with van der Waals surface area (Å²) in [4.78, 5) is 3.72. The Bertz CT molecular complexity index is 1080. The summed E-state index contributed by atoms with van der Waals surface area (Å²) in [7, 11) is 0. The molecule has 0 unspecified atom stereocenters. The Morgan fingerprint density at radius 3 is 2.56 bits per heavy atom. The Balaban J connectivity index is 2.07. The van der Waals surface area contributed by atoms with E-state index in [-0.39, 0.29) is 16.2 Å². The van der Waals surface area contributed by atoms with E-state index < -0.39 is 5.60 Å². The summed E-state index contributed by atoms with van der Waals surface area (Å²) in [5, 5.41) is 13.5. The molecule has 27 heavy (non-hydrogen) atoms. The highest BCUT2D eigenvalue weighted by Crippen LogP contribution is 2.63. The van der Waals surface area contributed by atoms with Crippen molar-refractivity contribution in [3.8, 4) is 0 Å². The number of aromatic nitrogens is 1. The molecule has 1 heterocycles. The van der Waals surface area contributed by atoms with Crippen LogP contribution in [0, 0.1) is 5.41 Å². The van der Waals surface area contributed by atoms with Gasteiger partial charge in [-0.05, 0) is 35.6 Å². The van der Waals surface area contributed by atoms with Crippen molar-refractivity contribution >= 4 is 16.5 Å². The third kappa shape index (κ3) is 1.76. The van der Waals surface area contributed by atoms with Crippen LogP contribution in [0.4, 0.5) is 0 Å². The third-order valence-corrected chi connectivity index (χ3v) is 7.85. The van der Waals surface area contributed by atoms with Crippen LogP contribution in [0.5, 0.6) is 0 Å². The number of rotatable bonds is 1. The molecule has 0 amide bonds. The summed E-state index contributed by atoms with van der Waals surface area (Å²) >= 11 is 0. The number of hydrogen-bond donors (Lipinski definition) is 2. The van der Waals surface area contributed by atoms with E-state index in [1.54, 1.807) is 0 Å². The Morgan fingerprint density at radius 1 is 1.11 bits per heavy atom. The van der Waals surface area contributed by atoms with Crippen molar-refractivity contribution in [2.75, 3.05) is 0 Å². The van der Waals surface area contributed by atoms with Crippen molar-refractivity contribution in [2.24, 2.45) is 5.41 Å². The van der Waals surface area contributed by atoms with Gasteiger partial charge in [-0.15, -0.1) is 6.58 Å². The lowest BCUT2D eigenvalue weighted by Gasteiger charge is -2.54. The fourth-order valence-corrected chi connectivity index (χ4v) is 5.76. The van der Waals surface area contributed by atoms with Gasteiger partial charge in [-0.1, -0.05) is 65.0 Å². The van der Waals surface area contributed by atoms with E-state index in [1.165, 1.54) is 33.3 Å². The number of aliphatic hydroxyl groups is 1. The first kappa shape index (κ1) is 17.1. The van der Waals surface area contributed by atoms with Crippen molar-refractivity contribution < 1.29 is 5.11 Å².